The van der Waals surface area contributed by atoms with Crippen LogP contribution in [0, 0.1) is 5.41 Å². The summed E-state index contributed by atoms with van der Waals surface area (Å²) in [5, 5.41) is 0.110. The summed E-state index contributed by atoms with van der Waals surface area (Å²) in [5.41, 5.74) is 4.74. The van der Waals surface area contributed by atoms with E-state index in [1.54, 1.807) is 0 Å². The second-order valence-corrected chi connectivity index (χ2v) is 5.77. The normalized spacial score (nSPS) is 26.2. The minimum Gasteiger partial charge on any atom is -0.330 e. The summed E-state index contributed by atoms with van der Waals surface area (Å²) in [4.78, 5) is 3.66. The van der Waals surface area contributed by atoms with Crippen LogP contribution in [0.1, 0.15) is 31.4 Å². The lowest BCUT2D eigenvalue weighted by atomic mass is 9.88. The number of hydrogen-bond donors (Lipinski definition) is 1. The van der Waals surface area contributed by atoms with E-state index in [2.05, 4.69) is 4.98 Å². The highest BCUT2D eigenvalue weighted by Crippen LogP contribution is 2.64. The van der Waals surface area contributed by atoms with E-state index in [0.717, 1.165) is 18.7 Å². The molecular formula is C12H14ClF3N2. The molecule has 1 fully saturated rings. The molecule has 0 radical (unpaired) electrons. The average molecular weight is 279 g/mol. The Morgan fingerprint density at radius 1 is 1.44 bits per heavy atom. The van der Waals surface area contributed by atoms with E-state index in [4.69, 9.17) is 17.3 Å². The van der Waals surface area contributed by atoms with Crippen molar-refractivity contribution in [2.24, 2.45) is 11.1 Å². The zero-order chi connectivity index (χ0) is 13.8. The van der Waals surface area contributed by atoms with Crippen LogP contribution >= 0.6 is 11.6 Å². The van der Waals surface area contributed by atoms with E-state index in [9.17, 15) is 13.2 Å². The van der Waals surface area contributed by atoms with Gasteiger partial charge in [-0.2, -0.15) is 13.2 Å². The van der Waals surface area contributed by atoms with Crippen molar-refractivity contribution < 1.29 is 13.2 Å². The minimum atomic E-state index is -4.42. The molecule has 100 valence electrons. The monoisotopic (exact) mass is 278 g/mol. The molecule has 1 saturated carbocycles. The standard InChI is InChI=1S/C12H14ClF3N2/c1-10(2)5-11(10,6-17)8-3-7(12(14,15)16)4-18-9(8)13/h3-4H,5-6,17H2,1-2H3. The molecule has 2 rings (SSSR count). The summed E-state index contributed by atoms with van der Waals surface area (Å²) in [7, 11) is 0. The molecule has 1 atom stereocenters. The van der Waals surface area contributed by atoms with Crippen LogP contribution in [0.4, 0.5) is 13.2 Å². The molecule has 0 aliphatic heterocycles. The first-order valence-corrected chi connectivity index (χ1v) is 5.95. The Balaban J connectivity index is 2.52. The van der Waals surface area contributed by atoms with Crippen molar-refractivity contribution in [1.82, 2.24) is 4.98 Å². The lowest BCUT2D eigenvalue weighted by Crippen LogP contribution is -2.26. The van der Waals surface area contributed by atoms with E-state index >= 15 is 0 Å². The number of alkyl halides is 3. The molecule has 1 aromatic rings. The molecule has 1 aromatic heterocycles. The van der Waals surface area contributed by atoms with Crippen molar-refractivity contribution in [3.05, 3.63) is 28.5 Å². The number of aromatic nitrogens is 1. The second kappa shape index (κ2) is 3.84. The third-order valence-electron chi connectivity index (χ3n) is 3.94. The number of pyridine rings is 1. The van der Waals surface area contributed by atoms with Gasteiger partial charge in [0.05, 0.1) is 5.56 Å². The maximum Gasteiger partial charge on any atom is 0.417 e. The predicted molar refractivity (Wildman–Crippen MR) is 63.4 cm³/mol. The number of hydrogen-bond acceptors (Lipinski definition) is 2. The van der Waals surface area contributed by atoms with Crippen LogP contribution < -0.4 is 5.73 Å². The maximum atomic E-state index is 12.7. The van der Waals surface area contributed by atoms with Crippen molar-refractivity contribution in [2.75, 3.05) is 6.54 Å². The number of rotatable bonds is 2. The minimum absolute atomic E-state index is 0.110. The van der Waals surface area contributed by atoms with Gasteiger partial charge in [0.15, 0.2) is 0 Å². The Kier molecular flexibility index (Phi) is 2.91. The molecule has 1 heterocycles. The second-order valence-electron chi connectivity index (χ2n) is 5.41. The van der Waals surface area contributed by atoms with Crippen LogP contribution in [0.3, 0.4) is 0 Å². The van der Waals surface area contributed by atoms with Gasteiger partial charge in [0.1, 0.15) is 5.15 Å². The topological polar surface area (TPSA) is 38.9 Å². The molecule has 0 spiro atoms. The van der Waals surface area contributed by atoms with Crippen molar-refractivity contribution >= 4 is 11.6 Å². The van der Waals surface area contributed by atoms with Gasteiger partial charge in [-0.15, -0.1) is 0 Å². The SMILES string of the molecule is CC1(C)CC1(CN)c1cc(C(F)(F)F)cnc1Cl. The van der Waals surface area contributed by atoms with Crippen LogP contribution in [0.5, 0.6) is 0 Å². The van der Waals surface area contributed by atoms with E-state index in [-0.39, 0.29) is 17.1 Å². The molecule has 2 nitrogen and oxygen atoms in total. The Labute approximate surface area is 108 Å². The average Bonchev–Trinajstić information content (AvgIpc) is 2.81. The third kappa shape index (κ3) is 1.89. The van der Waals surface area contributed by atoms with Crippen LogP contribution in [0.2, 0.25) is 5.15 Å². The fourth-order valence-corrected chi connectivity index (χ4v) is 2.85. The fraction of sp³-hybridized carbons (Fsp3) is 0.583. The van der Waals surface area contributed by atoms with Gasteiger partial charge in [0.25, 0.3) is 0 Å². The Morgan fingerprint density at radius 3 is 2.39 bits per heavy atom. The zero-order valence-corrected chi connectivity index (χ0v) is 10.9. The Bertz CT molecular complexity index is 485. The molecule has 6 heteroatoms. The van der Waals surface area contributed by atoms with Crippen LogP contribution in [0.25, 0.3) is 0 Å². The van der Waals surface area contributed by atoms with Gasteiger partial charge < -0.3 is 5.73 Å². The predicted octanol–water partition coefficient (Wildman–Crippen LogP) is 3.38. The smallest absolute Gasteiger partial charge is 0.330 e. The van der Waals surface area contributed by atoms with Gasteiger partial charge in [-0.3, -0.25) is 0 Å². The quantitative estimate of drug-likeness (QED) is 0.842. The lowest BCUT2D eigenvalue weighted by Gasteiger charge is -2.21. The van der Waals surface area contributed by atoms with Gasteiger partial charge >= 0.3 is 6.18 Å². The summed E-state index contributed by atoms with van der Waals surface area (Å²) in [5.74, 6) is 0. The summed E-state index contributed by atoms with van der Waals surface area (Å²) in [6.07, 6.45) is -2.94. The first-order valence-electron chi connectivity index (χ1n) is 5.57. The highest BCUT2D eigenvalue weighted by molar-refractivity contribution is 6.30. The summed E-state index contributed by atoms with van der Waals surface area (Å²) >= 11 is 5.94. The highest BCUT2D eigenvalue weighted by atomic mass is 35.5. The number of nitrogens with two attached hydrogens (primary N) is 1. The van der Waals surface area contributed by atoms with E-state index in [1.165, 1.54) is 0 Å². The molecule has 1 aliphatic rings. The lowest BCUT2D eigenvalue weighted by molar-refractivity contribution is -0.137. The molecule has 0 aromatic carbocycles. The van der Waals surface area contributed by atoms with E-state index in [0.29, 0.717) is 5.56 Å². The van der Waals surface area contributed by atoms with Crippen molar-refractivity contribution in [3.8, 4) is 0 Å². The molecule has 0 amide bonds. The Hall–Kier alpha value is -0.810. The van der Waals surface area contributed by atoms with Crippen molar-refractivity contribution in [2.45, 2.75) is 31.9 Å². The first-order chi connectivity index (χ1) is 8.14. The van der Waals surface area contributed by atoms with E-state index < -0.39 is 17.2 Å². The van der Waals surface area contributed by atoms with Gasteiger partial charge in [0.2, 0.25) is 0 Å². The summed E-state index contributed by atoms with van der Waals surface area (Å²) in [6, 6.07) is 1.08. The molecule has 2 N–H and O–H groups in total. The van der Waals surface area contributed by atoms with Crippen molar-refractivity contribution in [1.29, 1.82) is 0 Å². The Morgan fingerprint density at radius 2 is 2.00 bits per heavy atom. The van der Waals surface area contributed by atoms with Gasteiger partial charge in [-0.05, 0) is 23.5 Å². The first kappa shape index (κ1) is 13.6. The summed E-state index contributed by atoms with van der Waals surface area (Å²) in [6.45, 7) is 4.20. The zero-order valence-electron chi connectivity index (χ0n) is 10.1. The van der Waals surface area contributed by atoms with E-state index in [1.807, 2.05) is 13.8 Å². The van der Waals surface area contributed by atoms with Crippen molar-refractivity contribution in [3.63, 3.8) is 0 Å². The molecular weight excluding hydrogens is 265 g/mol. The largest absolute Gasteiger partial charge is 0.417 e. The number of nitrogens with zero attached hydrogens (tertiary/aromatic N) is 1. The van der Waals surface area contributed by atoms with Crippen LogP contribution in [-0.4, -0.2) is 11.5 Å². The number of halogens is 4. The molecule has 18 heavy (non-hydrogen) atoms. The highest BCUT2D eigenvalue weighted by Gasteiger charge is 2.62. The maximum absolute atomic E-state index is 12.7. The molecule has 1 aliphatic carbocycles. The van der Waals surface area contributed by atoms with Gasteiger partial charge in [0, 0.05) is 18.2 Å². The van der Waals surface area contributed by atoms with Crippen LogP contribution in [0.15, 0.2) is 12.3 Å². The van der Waals surface area contributed by atoms with Gasteiger partial charge in [-0.1, -0.05) is 25.4 Å². The third-order valence-corrected chi connectivity index (χ3v) is 4.25. The molecule has 0 saturated heterocycles. The summed E-state index contributed by atoms with van der Waals surface area (Å²) < 4.78 is 38.1. The fourth-order valence-electron chi connectivity index (χ4n) is 2.57. The molecule has 0 bridgehead atoms. The van der Waals surface area contributed by atoms with Gasteiger partial charge in [-0.25, -0.2) is 4.98 Å². The van der Waals surface area contributed by atoms with Crippen LogP contribution in [-0.2, 0) is 11.6 Å². The molecule has 1 unspecified atom stereocenters.